The first-order valence-electron chi connectivity index (χ1n) is 8.16. The van der Waals surface area contributed by atoms with E-state index in [9.17, 15) is 9.90 Å². The first-order valence-corrected chi connectivity index (χ1v) is 8.16. The Bertz CT molecular complexity index is 528. The zero-order valence-electron chi connectivity index (χ0n) is 13.0. The minimum Gasteiger partial charge on any atom is -0.480 e. The van der Waals surface area contributed by atoms with Crippen LogP contribution >= 0.6 is 0 Å². The van der Waals surface area contributed by atoms with E-state index >= 15 is 0 Å². The number of nitrogens with zero attached hydrogens (tertiary/aromatic N) is 1. The molecule has 3 nitrogen and oxygen atoms in total. The summed E-state index contributed by atoms with van der Waals surface area (Å²) in [4.78, 5) is 14.2. The molecular formula is C18H25NO2. The van der Waals surface area contributed by atoms with E-state index in [0.717, 1.165) is 24.9 Å². The zero-order valence-corrected chi connectivity index (χ0v) is 13.0. The van der Waals surface area contributed by atoms with E-state index in [4.69, 9.17) is 0 Å². The first kappa shape index (κ1) is 14.6. The van der Waals surface area contributed by atoms with Gasteiger partial charge < -0.3 is 5.11 Å². The summed E-state index contributed by atoms with van der Waals surface area (Å²) in [5, 5.41) is 9.80. The maximum atomic E-state index is 11.9. The second kappa shape index (κ2) is 5.80. The fraction of sp³-hybridized carbons (Fsp3) is 0.611. The van der Waals surface area contributed by atoms with E-state index in [1.165, 1.54) is 18.4 Å². The van der Waals surface area contributed by atoms with E-state index in [1.54, 1.807) is 0 Å². The van der Waals surface area contributed by atoms with Gasteiger partial charge in [0.25, 0.3) is 0 Å². The lowest BCUT2D eigenvalue weighted by molar-refractivity contribution is -0.146. The lowest BCUT2D eigenvalue weighted by atomic mass is 9.76. The van der Waals surface area contributed by atoms with Gasteiger partial charge in [-0.3, -0.25) is 9.69 Å². The lowest BCUT2D eigenvalue weighted by Gasteiger charge is -2.46. The van der Waals surface area contributed by atoms with Crippen LogP contribution in [0.4, 0.5) is 0 Å². The Labute approximate surface area is 127 Å². The van der Waals surface area contributed by atoms with Gasteiger partial charge in [0.2, 0.25) is 0 Å². The number of rotatable bonds is 2. The minimum atomic E-state index is -0.701. The van der Waals surface area contributed by atoms with Crippen LogP contribution in [0.1, 0.15) is 50.3 Å². The van der Waals surface area contributed by atoms with Crippen molar-refractivity contribution in [2.45, 2.75) is 51.6 Å². The van der Waals surface area contributed by atoms with E-state index < -0.39 is 12.0 Å². The maximum absolute atomic E-state index is 11.9. The molecule has 0 spiro atoms. The quantitative estimate of drug-likeness (QED) is 0.905. The van der Waals surface area contributed by atoms with Gasteiger partial charge in [0.15, 0.2) is 0 Å². The zero-order chi connectivity index (χ0) is 15.0. The number of carboxylic acids is 1. The fourth-order valence-electron chi connectivity index (χ4n) is 4.24. The molecule has 1 saturated carbocycles. The number of carbonyl (C=O) groups is 1. The summed E-state index contributed by atoms with van der Waals surface area (Å²) < 4.78 is 0. The molecular weight excluding hydrogens is 262 g/mol. The molecule has 1 aromatic rings. The highest BCUT2D eigenvalue weighted by Crippen LogP contribution is 2.39. The molecule has 0 bridgehead atoms. The third-order valence-corrected chi connectivity index (χ3v) is 5.64. The number of carboxylic acid groups (broad SMARTS) is 1. The molecule has 0 radical (unpaired) electrons. The average molecular weight is 287 g/mol. The second-order valence-electron chi connectivity index (χ2n) is 6.76. The predicted molar refractivity (Wildman–Crippen MR) is 83.2 cm³/mol. The Morgan fingerprint density at radius 1 is 1.24 bits per heavy atom. The van der Waals surface area contributed by atoms with Crippen LogP contribution in [-0.4, -0.2) is 28.6 Å². The monoisotopic (exact) mass is 287 g/mol. The number of aliphatic carboxylic acids is 1. The van der Waals surface area contributed by atoms with Gasteiger partial charge in [-0.15, -0.1) is 0 Å². The smallest absolute Gasteiger partial charge is 0.325 e. The molecule has 4 atom stereocenters. The van der Waals surface area contributed by atoms with Crippen LogP contribution in [0.2, 0.25) is 0 Å². The molecule has 1 aliphatic carbocycles. The molecule has 0 amide bonds. The van der Waals surface area contributed by atoms with Crippen molar-refractivity contribution < 1.29 is 9.90 Å². The normalized spacial score (nSPS) is 33.4. The summed E-state index contributed by atoms with van der Waals surface area (Å²) in [6.45, 7) is 5.48. The predicted octanol–water partition coefficient (Wildman–Crippen LogP) is 3.50. The Hall–Kier alpha value is -1.35. The van der Waals surface area contributed by atoms with Crippen LogP contribution in [-0.2, 0) is 11.2 Å². The number of benzene rings is 1. The van der Waals surface area contributed by atoms with Gasteiger partial charge >= 0.3 is 5.97 Å². The molecule has 21 heavy (non-hydrogen) atoms. The van der Waals surface area contributed by atoms with Crippen molar-refractivity contribution in [1.82, 2.24) is 4.90 Å². The van der Waals surface area contributed by atoms with Crippen molar-refractivity contribution in [3.8, 4) is 0 Å². The van der Waals surface area contributed by atoms with Crippen LogP contribution in [0.3, 0.4) is 0 Å². The van der Waals surface area contributed by atoms with E-state index in [0.29, 0.717) is 17.9 Å². The Morgan fingerprint density at radius 3 is 2.76 bits per heavy atom. The summed E-state index contributed by atoms with van der Waals surface area (Å²) in [7, 11) is 0. The van der Waals surface area contributed by atoms with Crippen molar-refractivity contribution in [3.05, 3.63) is 35.4 Å². The molecule has 1 aromatic carbocycles. The van der Waals surface area contributed by atoms with Crippen LogP contribution < -0.4 is 0 Å². The van der Waals surface area contributed by atoms with E-state index in [1.807, 2.05) is 18.2 Å². The Kier molecular flexibility index (Phi) is 4.03. The van der Waals surface area contributed by atoms with Crippen LogP contribution in [0, 0.1) is 11.8 Å². The molecule has 1 N–H and O–H groups in total. The highest BCUT2D eigenvalue weighted by atomic mass is 16.4. The van der Waals surface area contributed by atoms with Gasteiger partial charge in [0.1, 0.15) is 6.04 Å². The van der Waals surface area contributed by atoms with Crippen LogP contribution in [0.15, 0.2) is 24.3 Å². The summed E-state index contributed by atoms with van der Waals surface area (Å²) in [5.74, 6) is 0.564. The van der Waals surface area contributed by atoms with Gasteiger partial charge in [-0.1, -0.05) is 51.0 Å². The highest BCUT2D eigenvalue weighted by Gasteiger charge is 2.40. The number of fused-ring (bicyclic) bond motifs is 1. The van der Waals surface area contributed by atoms with Gasteiger partial charge in [-0.05, 0) is 35.8 Å². The molecule has 1 heterocycles. The molecule has 0 aromatic heterocycles. The third-order valence-electron chi connectivity index (χ3n) is 5.64. The number of hydrogen-bond donors (Lipinski definition) is 1. The molecule has 4 unspecified atom stereocenters. The fourth-order valence-corrected chi connectivity index (χ4v) is 4.24. The molecule has 1 aliphatic heterocycles. The first-order chi connectivity index (χ1) is 10.1. The summed E-state index contributed by atoms with van der Waals surface area (Å²) >= 11 is 0. The van der Waals surface area contributed by atoms with E-state index in [-0.39, 0.29) is 0 Å². The standard InChI is InChI=1S/C18H25NO2/c1-12-6-5-9-16(13(12)2)19-11-10-14-7-3-4-8-15(14)17(19)18(20)21/h3-4,7-8,12-13,16-17H,5-6,9-11H2,1-2H3,(H,20,21). The van der Waals surface area contributed by atoms with Crippen molar-refractivity contribution >= 4 is 5.97 Å². The van der Waals surface area contributed by atoms with Crippen molar-refractivity contribution in [3.63, 3.8) is 0 Å². The summed E-state index contributed by atoms with van der Waals surface area (Å²) in [5.41, 5.74) is 2.21. The molecule has 2 aliphatic rings. The molecule has 1 fully saturated rings. The van der Waals surface area contributed by atoms with Gasteiger partial charge in [-0.25, -0.2) is 0 Å². The summed E-state index contributed by atoms with van der Waals surface area (Å²) in [6.07, 6.45) is 4.61. The largest absolute Gasteiger partial charge is 0.480 e. The minimum absolute atomic E-state index is 0.406. The number of hydrogen-bond acceptors (Lipinski definition) is 2. The summed E-state index contributed by atoms with van der Waals surface area (Å²) in [6, 6.07) is 7.99. The topological polar surface area (TPSA) is 40.5 Å². The molecule has 3 heteroatoms. The van der Waals surface area contributed by atoms with Crippen LogP contribution in [0.25, 0.3) is 0 Å². The SMILES string of the molecule is CC1CCCC(N2CCc3ccccc3C2C(=O)O)C1C. The van der Waals surface area contributed by atoms with Crippen molar-refractivity contribution in [2.24, 2.45) is 11.8 Å². The van der Waals surface area contributed by atoms with Crippen molar-refractivity contribution in [2.75, 3.05) is 6.54 Å². The van der Waals surface area contributed by atoms with Gasteiger partial charge in [0, 0.05) is 12.6 Å². The Morgan fingerprint density at radius 2 is 2.00 bits per heavy atom. The lowest BCUT2D eigenvalue weighted by Crippen LogP contribution is -2.50. The van der Waals surface area contributed by atoms with Crippen LogP contribution in [0.5, 0.6) is 0 Å². The molecule has 114 valence electrons. The second-order valence-corrected chi connectivity index (χ2v) is 6.76. The molecule has 0 saturated heterocycles. The average Bonchev–Trinajstić information content (AvgIpc) is 2.48. The van der Waals surface area contributed by atoms with E-state index in [2.05, 4.69) is 24.8 Å². The highest BCUT2D eigenvalue weighted by molar-refractivity contribution is 5.76. The van der Waals surface area contributed by atoms with Gasteiger partial charge in [-0.2, -0.15) is 0 Å². The molecule has 3 rings (SSSR count). The third kappa shape index (κ3) is 2.59. The maximum Gasteiger partial charge on any atom is 0.325 e. The van der Waals surface area contributed by atoms with Crippen molar-refractivity contribution in [1.29, 1.82) is 0 Å². The Balaban J connectivity index is 1.94. The van der Waals surface area contributed by atoms with Gasteiger partial charge in [0.05, 0.1) is 0 Å².